The minimum absolute atomic E-state index is 0.175. The van der Waals surface area contributed by atoms with E-state index in [-0.39, 0.29) is 24.2 Å². The molecule has 1 N–H and O–H groups in total. The van der Waals surface area contributed by atoms with Crippen LogP contribution in [0.5, 0.6) is 0 Å². The van der Waals surface area contributed by atoms with Gasteiger partial charge in [-0.3, -0.25) is 9.59 Å². The maximum atomic E-state index is 12.7. The van der Waals surface area contributed by atoms with Crippen molar-refractivity contribution in [2.45, 2.75) is 109 Å². The Balaban J connectivity index is 0.000000301. The third-order valence-electron chi connectivity index (χ3n) is 8.85. The van der Waals surface area contributed by atoms with E-state index in [1.165, 1.54) is 41.8 Å². The third kappa shape index (κ3) is 11.6. The molecule has 2 heterocycles. The van der Waals surface area contributed by atoms with Gasteiger partial charge in [-0.05, 0) is 110 Å². The van der Waals surface area contributed by atoms with Gasteiger partial charge < -0.3 is 14.6 Å². The van der Waals surface area contributed by atoms with Crippen molar-refractivity contribution in [1.82, 2.24) is 9.47 Å². The van der Waals surface area contributed by atoms with Crippen molar-refractivity contribution in [3.8, 4) is 5.69 Å². The lowest BCUT2D eigenvalue weighted by Gasteiger charge is -2.31. The van der Waals surface area contributed by atoms with Gasteiger partial charge in [-0.25, -0.2) is 0 Å². The van der Waals surface area contributed by atoms with Crippen molar-refractivity contribution in [3.63, 3.8) is 0 Å². The normalized spacial score (nSPS) is 15.4. The second-order valence-electron chi connectivity index (χ2n) is 12.3. The fourth-order valence-corrected chi connectivity index (χ4v) is 6.64. The zero-order valence-corrected chi connectivity index (χ0v) is 29.5. The molecule has 0 spiro atoms. The average Bonchev–Trinajstić information content (AvgIpc) is 3.79. The highest BCUT2D eigenvalue weighted by atomic mass is 35.5. The number of halogens is 1. The molecule has 1 saturated carbocycles. The quantitative estimate of drug-likeness (QED) is 0.209. The first-order chi connectivity index (χ1) is 21.7. The fraction of sp³-hybridized carbons (Fsp3) is 0.526. The topological polar surface area (TPSA) is 62.5 Å². The summed E-state index contributed by atoms with van der Waals surface area (Å²) in [5, 5.41) is 9.68. The molecule has 5 nitrogen and oxygen atoms in total. The van der Waals surface area contributed by atoms with Crippen LogP contribution in [0.2, 0.25) is 5.02 Å². The van der Waals surface area contributed by atoms with E-state index in [9.17, 15) is 9.59 Å². The number of aromatic nitrogens is 1. The Bertz CT molecular complexity index is 1340. The Morgan fingerprint density at radius 1 is 0.978 bits per heavy atom. The summed E-state index contributed by atoms with van der Waals surface area (Å²) in [6, 6.07) is 18.9. The minimum Gasteiger partial charge on any atom is -0.481 e. The molecule has 5 rings (SSSR count). The van der Waals surface area contributed by atoms with Crippen LogP contribution in [-0.4, -0.2) is 45.8 Å². The van der Waals surface area contributed by atoms with Gasteiger partial charge in [0.05, 0.1) is 0 Å². The highest BCUT2D eigenvalue weighted by Gasteiger charge is 2.26. The zero-order valence-electron chi connectivity index (χ0n) is 27.9. The number of carboxylic acid groups (broad SMARTS) is 1. The van der Waals surface area contributed by atoms with Crippen LogP contribution in [-0.2, 0) is 16.0 Å². The first-order valence-electron chi connectivity index (χ1n) is 16.8. The van der Waals surface area contributed by atoms with Gasteiger partial charge in [-0.2, -0.15) is 0 Å². The van der Waals surface area contributed by atoms with Crippen LogP contribution in [0, 0.1) is 5.92 Å². The molecule has 1 amide bonds. The lowest BCUT2D eigenvalue weighted by molar-refractivity contribution is -0.138. The van der Waals surface area contributed by atoms with E-state index in [2.05, 4.69) is 87.2 Å². The van der Waals surface area contributed by atoms with Gasteiger partial charge in [0, 0.05) is 53.4 Å². The number of hydrogen-bond donors (Lipinski definition) is 1. The number of carbonyl (C=O) groups excluding carboxylic acids is 1. The minimum atomic E-state index is -0.747. The summed E-state index contributed by atoms with van der Waals surface area (Å²) in [5.41, 5.74) is 5.10. The number of carbonyl (C=O) groups is 2. The van der Waals surface area contributed by atoms with Gasteiger partial charge >= 0.3 is 5.97 Å². The molecule has 2 aromatic carbocycles. The molecule has 1 aromatic heterocycles. The van der Waals surface area contributed by atoms with Crippen molar-refractivity contribution < 1.29 is 14.7 Å². The summed E-state index contributed by atoms with van der Waals surface area (Å²) in [7, 11) is 0. The van der Waals surface area contributed by atoms with Crippen LogP contribution in [0.15, 0.2) is 65.7 Å². The molecule has 1 atom stereocenters. The second-order valence-corrected chi connectivity index (χ2v) is 13.6. The number of thioether (sulfide) groups is 1. The molecule has 1 saturated heterocycles. The van der Waals surface area contributed by atoms with Crippen molar-refractivity contribution in [3.05, 3.63) is 82.6 Å². The Kier molecular flexibility index (Phi) is 15.6. The van der Waals surface area contributed by atoms with Gasteiger partial charge in [-0.15, -0.1) is 11.8 Å². The van der Waals surface area contributed by atoms with E-state index in [4.69, 9.17) is 16.7 Å². The van der Waals surface area contributed by atoms with Crippen molar-refractivity contribution in [2.24, 2.45) is 5.92 Å². The van der Waals surface area contributed by atoms with E-state index in [1.807, 2.05) is 28.8 Å². The van der Waals surface area contributed by atoms with Crippen LogP contribution in [0.25, 0.3) is 5.69 Å². The van der Waals surface area contributed by atoms with E-state index in [0.717, 1.165) is 42.3 Å². The van der Waals surface area contributed by atoms with Gasteiger partial charge in [0.25, 0.3) is 0 Å². The molecule has 1 aliphatic carbocycles. The smallest absolute Gasteiger partial charge is 0.303 e. The van der Waals surface area contributed by atoms with Crippen LogP contribution < -0.4 is 0 Å². The monoisotopic (exact) mass is 652 g/mol. The zero-order chi connectivity index (χ0) is 32.8. The van der Waals surface area contributed by atoms with Crippen LogP contribution in [0.1, 0.15) is 114 Å². The Labute approximate surface area is 280 Å². The predicted molar refractivity (Wildman–Crippen MR) is 190 cm³/mol. The standard InChI is InChI=1S/C24H31ClN2O3.C10H12S.C4H10/c1-3-19-16-20(25)7-8-22(19)27-12-4-5-21(27)17(2)6-9-23(28)26-13-10-18(11-14-26)15-24(29)30;1-11-10-5-3-2-4-9(10)8-6-7-8;1-3-4-2/h4-5,7-8,12,16-18H,3,6,9-11,13-15H2,1-2H3,(H,29,30);2-5,8H,6-7H2,1H3;3-4H2,1-2H3. The number of likely N-dealkylation sites (tertiary alicyclic amines) is 1. The summed E-state index contributed by atoms with van der Waals surface area (Å²) in [4.78, 5) is 26.9. The van der Waals surface area contributed by atoms with Crippen LogP contribution in [0.4, 0.5) is 0 Å². The highest BCUT2D eigenvalue weighted by Crippen LogP contribution is 2.43. The number of aliphatic carboxylic acids is 1. The number of benzene rings is 2. The number of amides is 1. The van der Waals surface area contributed by atoms with E-state index < -0.39 is 5.97 Å². The number of hydrogen-bond acceptors (Lipinski definition) is 3. The molecule has 7 heteroatoms. The molecule has 246 valence electrons. The molecule has 2 aliphatic rings. The molecule has 0 radical (unpaired) electrons. The molecular formula is C38H53ClN2O3S. The summed E-state index contributed by atoms with van der Waals surface area (Å²) in [6.07, 6.45) is 13.6. The molecule has 45 heavy (non-hydrogen) atoms. The van der Waals surface area contributed by atoms with Gasteiger partial charge in [0.15, 0.2) is 0 Å². The second kappa shape index (κ2) is 19.1. The number of rotatable bonds is 11. The molecule has 2 fully saturated rings. The Hall–Kier alpha value is -2.70. The summed E-state index contributed by atoms with van der Waals surface area (Å²) >= 11 is 8.03. The number of carboxylic acids is 1. The molecule has 1 aliphatic heterocycles. The van der Waals surface area contributed by atoms with Crippen molar-refractivity contribution in [2.75, 3.05) is 19.3 Å². The number of aryl methyl sites for hydroxylation is 1. The summed E-state index contributed by atoms with van der Waals surface area (Å²) in [6.45, 7) is 10.00. The highest BCUT2D eigenvalue weighted by molar-refractivity contribution is 7.98. The van der Waals surface area contributed by atoms with Gasteiger partial charge in [0.2, 0.25) is 5.91 Å². The first-order valence-corrected chi connectivity index (χ1v) is 18.4. The lowest BCUT2D eigenvalue weighted by Crippen LogP contribution is -2.38. The molecular weight excluding hydrogens is 600 g/mol. The summed E-state index contributed by atoms with van der Waals surface area (Å²) < 4.78 is 2.21. The molecule has 0 bridgehead atoms. The van der Waals surface area contributed by atoms with E-state index in [1.54, 1.807) is 5.56 Å². The van der Waals surface area contributed by atoms with E-state index in [0.29, 0.717) is 19.5 Å². The number of nitrogens with zero attached hydrogens (tertiary/aromatic N) is 2. The van der Waals surface area contributed by atoms with Crippen LogP contribution in [0.3, 0.4) is 0 Å². The Morgan fingerprint density at radius 2 is 1.67 bits per heavy atom. The molecule has 3 aromatic rings. The average molecular weight is 653 g/mol. The van der Waals surface area contributed by atoms with Gasteiger partial charge in [0.1, 0.15) is 0 Å². The lowest BCUT2D eigenvalue weighted by atomic mass is 9.93. The maximum Gasteiger partial charge on any atom is 0.303 e. The number of unbranched alkanes of at least 4 members (excludes halogenated alkanes) is 1. The van der Waals surface area contributed by atoms with Crippen molar-refractivity contribution in [1.29, 1.82) is 0 Å². The van der Waals surface area contributed by atoms with Crippen LogP contribution >= 0.6 is 23.4 Å². The Morgan fingerprint density at radius 3 is 2.27 bits per heavy atom. The number of piperidine rings is 1. The fourth-order valence-electron chi connectivity index (χ4n) is 5.76. The molecule has 1 unspecified atom stereocenters. The first kappa shape index (κ1) is 36.8. The predicted octanol–water partition coefficient (Wildman–Crippen LogP) is 10.4. The summed E-state index contributed by atoms with van der Waals surface area (Å²) in [5.74, 6) is 0.756. The largest absolute Gasteiger partial charge is 0.481 e. The van der Waals surface area contributed by atoms with Gasteiger partial charge in [-0.1, -0.05) is 70.3 Å². The maximum absolute atomic E-state index is 12.7. The SMILES string of the molecule is CCCC.CCc1cc(Cl)ccc1-n1cccc1C(C)CCC(=O)N1CCC(CC(=O)O)CC1.CSc1ccccc1C1CC1. The third-order valence-corrected chi connectivity index (χ3v) is 9.89. The van der Waals surface area contributed by atoms with Crippen molar-refractivity contribution >= 4 is 35.2 Å². The van der Waals surface area contributed by atoms with E-state index >= 15 is 0 Å².